The van der Waals surface area contributed by atoms with Crippen LogP contribution in [0.2, 0.25) is 0 Å². The van der Waals surface area contributed by atoms with Crippen LogP contribution in [0.1, 0.15) is 6.92 Å². The van der Waals surface area contributed by atoms with E-state index in [1.807, 2.05) is 0 Å². The van der Waals surface area contributed by atoms with E-state index in [0.717, 1.165) is 0 Å². The van der Waals surface area contributed by atoms with Gasteiger partial charge in [0.25, 0.3) is 0 Å². The lowest BCUT2D eigenvalue weighted by atomic mass is 10.4. The molecule has 0 aliphatic rings. The zero-order chi connectivity index (χ0) is 8.15. The van der Waals surface area contributed by atoms with Gasteiger partial charge in [0.15, 0.2) is 0 Å². The second kappa shape index (κ2) is 4.29. The van der Waals surface area contributed by atoms with Crippen LogP contribution in [0.15, 0.2) is 0 Å². The first-order chi connectivity index (χ1) is 4.54. The molecule has 0 rings (SSSR count). The monoisotopic (exact) mass is 163 g/mol. The Hall–Kier alpha value is -0.550. The van der Waals surface area contributed by atoms with Crippen LogP contribution in [0.4, 0.5) is 0 Å². The summed E-state index contributed by atoms with van der Waals surface area (Å²) in [6, 6.07) is -0.501. The topological polar surface area (TPSA) is 66.4 Å². The van der Waals surface area contributed by atoms with Crippen molar-refractivity contribution in [2.45, 2.75) is 13.0 Å². The van der Waals surface area contributed by atoms with E-state index in [1.54, 1.807) is 6.92 Å². The van der Waals surface area contributed by atoms with Crippen molar-refractivity contribution in [1.82, 2.24) is 5.32 Å². The number of thiol groups is 1. The summed E-state index contributed by atoms with van der Waals surface area (Å²) in [5.41, 5.74) is 0. The largest absolute Gasteiger partial charge is 0.480 e. The molecule has 4 nitrogen and oxygen atoms in total. The van der Waals surface area contributed by atoms with Crippen LogP contribution >= 0.6 is 12.6 Å². The highest BCUT2D eigenvalue weighted by atomic mass is 32.1. The molecule has 1 unspecified atom stereocenters. The molecule has 0 spiro atoms. The number of carbonyl (C=O) groups excluding carboxylic acids is 1. The Morgan fingerprint density at radius 3 is 2.50 bits per heavy atom. The molecule has 58 valence electrons. The minimum Gasteiger partial charge on any atom is -0.480 e. The molecule has 5 heteroatoms. The van der Waals surface area contributed by atoms with Gasteiger partial charge in [-0.15, -0.1) is 12.6 Å². The number of hydrogen-bond acceptors (Lipinski definition) is 3. The molecule has 0 fully saturated rings. The van der Waals surface area contributed by atoms with Crippen LogP contribution in [-0.4, -0.2) is 28.8 Å². The van der Waals surface area contributed by atoms with Crippen LogP contribution in [0.25, 0.3) is 0 Å². The summed E-state index contributed by atoms with van der Waals surface area (Å²) in [4.78, 5) is 20.3. The minimum absolute atomic E-state index is 0.215. The predicted octanol–water partition coefficient (Wildman–Crippen LogP) is -0.494. The van der Waals surface area contributed by atoms with Crippen LogP contribution in [0.3, 0.4) is 0 Å². The van der Waals surface area contributed by atoms with Gasteiger partial charge < -0.3 is 5.11 Å². The molecule has 0 aliphatic carbocycles. The molecule has 10 heavy (non-hydrogen) atoms. The molecule has 0 aromatic rings. The highest BCUT2D eigenvalue weighted by Crippen LogP contribution is 1.86. The Kier molecular flexibility index (Phi) is 4.06. The lowest BCUT2D eigenvalue weighted by molar-refractivity contribution is -0.136. The summed E-state index contributed by atoms with van der Waals surface area (Å²) in [5, 5.41) is 10.2. The van der Waals surface area contributed by atoms with Gasteiger partial charge in [-0.2, -0.15) is 0 Å². The van der Waals surface area contributed by atoms with Gasteiger partial charge >= 0.3 is 5.97 Å². The third-order valence-electron chi connectivity index (χ3n) is 0.930. The van der Waals surface area contributed by atoms with Crippen molar-refractivity contribution in [1.29, 1.82) is 0 Å². The minimum atomic E-state index is -0.985. The van der Waals surface area contributed by atoms with Crippen molar-refractivity contribution in [3.8, 4) is 0 Å². The molecule has 0 radical (unpaired) electrons. The first-order valence-electron chi connectivity index (χ1n) is 2.72. The number of aliphatic carboxylic acids is 1. The summed E-state index contributed by atoms with van der Waals surface area (Å²) in [5.74, 6) is -0.985. The summed E-state index contributed by atoms with van der Waals surface area (Å²) in [7, 11) is 0. The van der Waals surface area contributed by atoms with Crippen molar-refractivity contribution in [3.05, 3.63) is 0 Å². The van der Waals surface area contributed by atoms with Crippen molar-refractivity contribution in [2.24, 2.45) is 0 Å². The van der Waals surface area contributed by atoms with E-state index < -0.39 is 12.0 Å². The van der Waals surface area contributed by atoms with Crippen molar-refractivity contribution in [3.63, 3.8) is 0 Å². The van der Waals surface area contributed by atoms with E-state index >= 15 is 0 Å². The summed E-state index contributed by atoms with van der Waals surface area (Å²) in [6.45, 7) is 1.34. The Labute approximate surface area is 64.0 Å². The van der Waals surface area contributed by atoms with Crippen molar-refractivity contribution >= 4 is 23.7 Å². The molecule has 0 aromatic carbocycles. The maximum Gasteiger partial charge on any atom is 0.317 e. The second-order valence-corrected chi connectivity index (χ2v) is 2.28. The lowest BCUT2D eigenvalue weighted by Crippen LogP contribution is -2.35. The Balaban J connectivity index is 3.49. The van der Waals surface area contributed by atoms with E-state index in [2.05, 4.69) is 17.9 Å². The Bertz CT molecular complexity index is 148. The lowest BCUT2D eigenvalue weighted by Gasteiger charge is -2.05. The fraction of sp³-hybridized carbons (Fsp3) is 0.600. The normalized spacial score (nSPS) is 12.6. The van der Waals surface area contributed by atoms with Gasteiger partial charge in [0.1, 0.15) is 0 Å². The van der Waals surface area contributed by atoms with E-state index in [1.165, 1.54) is 0 Å². The summed E-state index contributed by atoms with van der Waals surface area (Å²) >= 11 is 3.50. The van der Waals surface area contributed by atoms with Crippen LogP contribution < -0.4 is 5.32 Å². The van der Waals surface area contributed by atoms with Gasteiger partial charge in [-0.1, -0.05) is 0 Å². The Morgan fingerprint density at radius 1 is 1.70 bits per heavy atom. The standard InChI is InChI=1S/C5H9NO3S/c1-3(5(9)10)6-2-4(7)8/h3,6H,2H2,1H3,(H,7,8)(H,9,10). The molecule has 0 saturated carbocycles. The van der Waals surface area contributed by atoms with Gasteiger partial charge in [0, 0.05) is 0 Å². The van der Waals surface area contributed by atoms with Crippen LogP contribution in [0.5, 0.6) is 0 Å². The molecule has 2 N–H and O–H groups in total. The number of nitrogens with one attached hydrogen (secondary N) is 1. The number of carbonyl (C=O) groups is 2. The molecular weight excluding hydrogens is 154 g/mol. The number of carboxylic acid groups (broad SMARTS) is 1. The molecule has 0 aromatic heterocycles. The first-order valence-corrected chi connectivity index (χ1v) is 3.16. The van der Waals surface area contributed by atoms with Crippen LogP contribution in [-0.2, 0) is 9.59 Å². The molecule has 0 bridgehead atoms. The second-order valence-electron chi connectivity index (χ2n) is 1.83. The summed E-state index contributed by atoms with van der Waals surface area (Å²) < 4.78 is 0. The predicted molar refractivity (Wildman–Crippen MR) is 39.1 cm³/mol. The molecule has 0 heterocycles. The average Bonchev–Trinajstić information content (AvgIpc) is 1.82. The molecule has 1 atom stereocenters. The zero-order valence-electron chi connectivity index (χ0n) is 5.50. The Morgan fingerprint density at radius 2 is 2.20 bits per heavy atom. The van der Waals surface area contributed by atoms with E-state index in [0.29, 0.717) is 0 Å². The van der Waals surface area contributed by atoms with Crippen LogP contribution in [0, 0.1) is 0 Å². The highest BCUT2D eigenvalue weighted by molar-refractivity contribution is 7.96. The van der Waals surface area contributed by atoms with Gasteiger partial charge in [0.2, 0.25) is 5.12 Å². The van der Waals surface area contributed by atoms with E-state index in [9.17, 15) is 9.59 Å². The third-order valence-corrected chi connectivity index (χ3v) is 1.32. The molecule has 0 aliphatic heterocycles. The molecular formula is C5H9NO3S. The maximum atomic E-state index is 10.4. The SMILES string of the molecule is CC(NCC(=O)O)C(=O)S. The maximum absolute atomic E-state index is 10.4. The fourth-order valence-electron chi connectivity index (χ4n) is 0.328. The zero-order valence-corrected chi connectivity index (χ0v) is 6.39. The van der Waals surface area contributed by atoms with Gasteiger partial charge in [-0.05, 0) is 6.92 Å². The smallest absolute Gasteiger partial charge is 0.317 e. The van der Waals surface area contributed by atoms with Crippen molar-refractivity contribution in [2.75, 3.05) is 6.54 Å². The quantitative estimate of drug-likeness (QED) is 0.489. The van der Waals surface area contributed by atoms with E-state index in [4.69, 9.17) is 5.11 Å². The first kappa shape index (κ1) is 9.45. The molecule has 0 amide bonds. The summed E-state index contributed by atoms with van der Waals surface area (Å²) in [6.07, 6.45) is 0. The number of carboxylic acids is 1. The molecule has 0 saturated heterocycles. The number of hydrogen-bond donors (Lipinski definition) is 3. The van der Waals surface area contributed by atoms with Gasteiger partial charge in [0.05, 0.1) is 12.6 Å². The average molecular weight is 163 g/mol. The van der Waals surface area contributed by atoms with Gasteiger partial charge in [-0.25, -0.2) is 0 Å². The fourth-order valence-corrected chi connectivity index (χ4v) is 0.419. The third kappa shape index (κ3) is 4.34. The van der Waals surface area contributed by atoms with Crippen molar-refractivity contribution < 1.29 is 14.7 Å². The van der Waals surface area contributed by atoms with E-state index in [-0.39, 0.29) is 11.7 Å². The van der Waals surface area contributed by atoms with Gasteiger partial charge in [-0.3, -0.25) is 14.9 Å². The highest BCUT2D eigenvalue weighted by Gasteiger charge is 2.07. The number of rotatable bonds is 4.